The summed E-state index contributed by atoms with van der Waals surface area (Å²) in [5, 5.41) is 9.49. The molecule has 1 aromatic heterocycles. The molecule has 0 aromatic carbocycles. The van der Waals surface area contributed by atoms with Crippen LogP contribution in [0.4, 0.5) is 0 Å². The van der Waals surface area contributed by atoms with Crippen molar-refractivity contribution in [2.45, 2.75) is 33.2 Å². The summed E-state index contributed by atoms with van der Waals surface area (Å²) in [5.41, 5.74) is -0.547. The van der Waals surface area contributed by atoms with Gasteiger partial charge in [-0.25, -0.2) is 4.98 Å². The van der Waals surface area contributed by atoms with Crippen LogP contribution in [0.1, 0.15) is 26.7 Å². The molecule has 1 fully saturated rings. The van der Waals surface area contributed by atoms with E-state index in [0.29, 0.717) is 6.54 Å². The highest BCUT2D eigenvalue weighted by atomic mass is 16.4. The van der Waals surface area contributed by atoms with E-state index in [4.69, 9.17) is 0 Å². The lowest BCUT2D eigenvalue weighted by molar-refractivity contribution is -0.151. The Morgan fingerprint density at radius 2 is 2.26 bits per heavy atom. The van der Waals surface area contributed by atoms with Gasteiger partial charge in [0.25, 0.3) is 0 Å². The zero-order valence-corrected chi connectivity index (χ0v) is 11.7. The largest absolute Gasteiger partial charge is 0.481 e. The van der Waals surface area contributed by atoms with Crippen molar-refractivity contribution in [3.63, 3.8) is 0 Å². The molecule has 5 nitrogen and oxygen atoms in total. The van der Waals surface area contributed by atoms with Gasteiger partial charge in [-0.2, -0.15) is 0 Å². The van der Waals surface area contributed by atoms with E-state index >= 15 is 0 Å². The van der Waals surface area contributed by atoms with E-state index in [2.05, 4.69) is 14.5 Å². The number of nitrogens with zero attached hydrogens (tertiary/aromatic N) is 3. The zero-order chi connectivity index (χ0) is 13.9. The lowest BCUT2D eigenvalue weighted by atomic mass is 9.76. The Labute approximate surface area is 114 Å². The number of hydrogen-bond acceptors (Lipinski definition) is 3. The highest BCUT2D eigenvalue weighted by molar-refractivity contribution is 5.75. The van der Waals surface area contributed by atoms with Crippen LogP contribution in [0, 0.1) is 11.3 Å². The van der Waals surface area contributed by atoms with Crippen LogP contribution in [-0.2, 0) is 11.3 Å². The lowest BCUT2D eigenvalue weighted by Crippen LogP contribution is -2.39. The number of carboxylic acid groups (broad SMARTS) is 1. The van der Waals surface area contributed by atoms with Gasteiger partial charge in [0.15, 0.2) is 0 Å². The van der Waals surface area contributed by atoms with Gasteiger partial charge in [0.05, 0.1) is 11.7 Å². The number of carbonyl (C=O) groups is 1. The third-order valence-electron chi connectivity index (χ3n) is 4.36. The predicted molar refractivity (Wildman–Crippen MR) is 72.8 cm³/mol. The van der Waals surface area contributed by atoms with Gasteiger partial charge >= 0.3 is 5.97 Å². The molecule has 0 aliphatic carbocycles. The second-order valence-corrected chi connectivity index (χ2v) is 5.80. The standard InChI is InChI=1S/C14H23N3O2/c1-12(2)14(13(18)19)4-8-16(10-14)6-3-7-17-9-5-15-11-17/h5,9,11-12H,3-4,6-8,10H2,1-2H3,(H,18,19). The van der Waals surface area contributed by atoms with Crippen LogP contribution in [0.2, 0.25) is 0 Å². The van der Waals surface area contributed by atoms with Gasteiger partial charge in [0, 0.05) is 25.5 Å². The molecule has 1 aromatic rings. The fourth-order valence-electron chi connectivity index (χ4n) is 2.89. The normalized spacial score (nSPS) is 24.2. The summed E-state index contributed by atoms with van der Waals surface area (Å²) in [5.74, 6) is -0.455. The number of aliphatic carboxylic acids is 1. The SMILES string of the molecule is CC(C)C1(C(=O)O)CCN(CCCn2ccnc2)C1. The summed E-state index contributed by atoms with van der Waals surface area (Å²) < 4.78 is 2.06. The monoisotopic (exact) mass is 265 g/mol. The smallest absolute Gasteiger partial charge is 0.311 e. The molecule has 1 saturated heterocycles. The molecule has 1 unspecified atom stereocenters. The molecule has 19 heavy (non-hydrogen) atoms. The van der Waals surface area contributed by atoms with E-state index in [1.165, 1.54) is 0 Å². The van der Waals surface area contributed by atoms with Crippen LogP contribution in [-0.4, -0.2) is 45.2 Å². The Bertz CT molecular complexity index is 416. The van der Waals surface area contributed by atoms with Crippen molar-refractivity contribution in [1.29, 1.82) is 0 Å². The Hall–Kier alpha value is -1.36. The number of imidazole rings is 1. The van der Waals surface area contributed by atoms with Crippen molar-refractivity contribution >= 4 is 5.97 Å². The van der Waals surface area contributed by atoms with Gasteiger partial charge in [-0.05, 0) is 31.8 Å². The van der Waals surface area contributed by atoms with Crippen LogP contribution in [0.5, 0.6) is 0 Å². The molecule has 106 valence electrons. The van der Waals surface area contributed by atoms with Crippen molar-refractivity contribution < 1.29 is 9.90 Å². The molecule has 1 aliphatic heterocycles. The topological polar surface area (TPSA) is 58.4 Å². The molecule has 1 atom stereocenters. The first-order valence-corrected chi connectivity index (χ1v) is 6.96. The third-order valence-corrected chi connectivity index (χ3v) is 4.36. The van der Waals surface area contributed by atoms with E-state index in [1.54, 1.807) is 6.20 Å². The minimum absolute atomic E-state index is 0.184. The average molecular weight is 265 g/mol. The van der Waals surface area contributed by atoms with Crippen LogP contribution in [0.3, 0.4) is 0 Å². The summed E-state index contributed by atoms with van der Waals surface area (Å²) in [6, 6.07) is 0. The minimum atomic E-state index is -0.639. The Kier molecular flexibility index (Phi) is 4.24. The first kappa shape index (κ1) is 14.1. The van der Waals surface area contributed by atoms with E-state index in [0.717, 1.165) is 32.5 Å². The molecular formula is C14H23N3O2. The number of rotatable bonds is 6. The van der Waals surface area contributed by atoms with Gasteiger partial charge in [-0.1, -0.05) is 13.8 Å². The van der Waals surface area contributed by atoms with Gasteiger partial charge < -0.3 is 14.6 Å². The minimum Gasteiger partial charge on any atom is -0.481 e. The van der Waals surface area contributed by atoms with Crippen LogP contribution >= 0.6 is 0 Å². The summed E-state index contributed by atoms with van der Waals surface area (Å²) in [6.07, 6.45) is 7.36. The Balaban J connectivity index is 1.82. The molecule has 2 heterocycles. The van der Waals surface area contributed by atoms with Gasteiger partial charge in [-0.15, -0.1) is 0 Å². The van der Waals surface area contributed by atoms with Crippen molar-refractivity contribution in [3.8, 4) is 0 Å². The zero-order valence-electron chi connectivity index (χ0n) is 11.7. The molecule has 1 aliphatic rings. The first-order valence-electron chi connectivity index (χ1n) is 6.96. The second-order valence-electron chi connectivity index (χ2n) is 5.80. The Morgan fingerprint density at radius 3 is 2.79 bits per heavy atom. The molecule has 1 N–H and O–H groups in total. The summed E-state index contributed by atoms with van der Waals surface area (Å²) in [4.78, 5) is 17.8. The predicted octanol–water partition coefficient (Wildman–Crippen LogP) is 1.71. The third kappa shape index (κ3) is 2.97. The number of likely N-dealkylation sites (tertiary alicyclic amines) is 1. The molecule has 0 saturated carbocycles. The van der Waals surface area contributed by atoms with Gasteiger partial charge in [0.1, 0.15) is 0 Å². The van der Waals surface area contributed by atoms with Gasteiger partial charge in [0.2, 0.25) is 0 Å². The molecule has 5 heteroatoms. The lowest BCUT2D eigenvalue weighted by Gasteiger charge is -2.28. The van der Waals surface area contributed by atoms with Crippen LogP contribution < -0.4 is 0 Å². The number of aromatic nitrogens is 2. The first-order chi connectivity index (χ1) is 9.04. The highest BCUT2D eigenvalue weighted by Gasteiger charge is 2.46. The maximum absolute atomic E-state index is 11.5. The highest BCUT2D eigenvalue weighted by Crippen LogP contribution is 2.38. The fourth-order valence-corrected chi connectivity index (χ4v) is 2.89. The second kappa shape index (κ2) is 5.74. The van der Waals surface area contributed by atoms with Crippen LogP contribution in [0.25, 0.3) is 0 Å². The quantitative estimate of drug-likeness (QED) is 0.850. The van der Waals surface area contributed by atoms with Crippen molar-refractivity contribution in [1.82, 2.24) is 14.5 Å². The molecule has 0 radical (unpaired) electrons. The average Bonchev–Trinajstić information content (AvgIpc) is 2.98. The van der Waals surface area contributed by atoms with E-state index < -0.39 is 11.4 Å². The van der Waals surface area contributed by atoms with E-state index in [1.807, 2.05) is 26.4 Å². The fraction of sp³-hybridized carbons (Fsp3) is 0.714. The summed E-state index contributed by atoms with van der Waals surface area (Å²) >= 11 is 0. The Morgan fingerprint density at radius 1 is 1.47 bits per heavy atom. The molecule has 0 amide bonds. The number of aryl methyl sites for hydroxylation is 1. The number of hydrogen-bond donors (Lipinski definition) is 1. The van der Waals surface area contributed by atoms with Crippen LogP contribution in [0.15, 0.2) is 18.7 Å². The summed E-state index contributed by atoms with van der Waals surface area (Å²) in [6.45, 7) is 7.52. The number of carboxylic acids is 1. The van der Waals surface area contributed by atoms with E-state index in [-0.39, 0.29) is 5.92 Å². The molecule has 2 rings (SSSR count). The van der Waals surface area contributed by atoms with Crippen molar-refractivity contribution in [2.75, 3.05) is 19.6 Å². The molecule has 0 bridgehead atoms. The molecule has 0 spiro atoms. The van der Waals surface area contributed by atoms with Crippen molar-refractivity contribution in [2.24, 2.45) is 11.3 Å². The maximum atomic E-state index is 11.5. The summed E-state index contributed by atoms with van der Waals surface area (Å²) in [7, 11) is 0. The van der Waals surface area contributed by atoms with E-state index in [9.17, 15) is 9.90 Å². The van der Waals surface area contributed by atoms with Crippen molar-refractivity contribution in [3.05, 3.63) is 18.7 Å². The van der Waals surface area contributed by atoms with Gasteiger partial charge in [-0.3, -0.25) is 4.79 Å². The maximum Gasteiger partial charge on any atom is 0.311 e. The molecular weight excluding hydrogens is 242 g/mol.